The quantitative estimate of drug-likeness (QED) is 0.0314. The smallest absolute Gasteiger partial charge is 0.243 e. The summed E-state index contributed by atoms with van der Waals surface area (Å²) in [7, 11) is 0. The molecule has 0 aliphatic heterocycles. The largest absolute Gasteiger partial charge is 0.371 e. The first-order valence-corrected chi connectivity index (χ1v) is 14.9. The van der Waals surface area contributed by atoms with Crippen LogP contribution in [0.15, 0.2) is 0 Å². The predicted molar refractivity (Wildman–Crippen MR) is 150 cm³/mol. The van der Waals surface area contributed by atoms with Crippen LogP contribution in [0.25, 0.3) is 0 Å². The first-order valence-electron chi connectivity index (χ1n) is 14.1. The van der Waals surface area contributed by atoms with Gasteiger partial charge in [-0.25, -0.2) is 5.48 Å². The highest BCUT2D eigenvalue weighted by molar-refractivity contribution is 8.11. The van der Waals surface area contributed by atoms with Crippen molar-refractivity contribution in [1.29, 1.82) is 0 Å². The molecule has 0 heterocycles. The lowest BCUT2D eigenvalue weighted by Crippen LogP contribution is -2.17. The van der Waals surface area contributed by atoms with Crippen molar-refractivity contribution in [3.05, 3.63) is 0 Å². The van der Waals surface area contributed by atoms with Crippen LogP contribution in [0.2, 0.25) is 0 Å². The van der Waals surface area contributed by atoms with Gasteiger partial charge in [0.15, 0.2) is 0 Å². The zero-order chi connectivity index (χ0) is 24.2. The SMILES string of the molecule is O=C(CCCCCCCCCCCCCCCCCCCCCCCCCNC(=S)S)NO. The van der Waals surface area contributed by atoms with Crippen LogP contribution < -0.4 is 10.8 Å². The number of rotatable bonds is 26. The van der Waals surface area contributed by atoms with E-state index >= 15 is 0 Å². The third kappa shape index (κ3) is 29.6. The number of hydrogen-bond acceptors (Lipinski definition) is 3. The fraction of sp³-hybridized carbons (Fsp3) is 0.926. The first-order chi connectivity index (χ1) is 16.2. The van der Waals surface area contributed by atoms with Crippen molar-refractivity contribution in [2.75, 3.05) is 6.54 Å². The standard InChI is InChI=1S/C27H54N2O2S2/c30-26(29-31)24-22-20-18-16-14-12-10-8-6-4-2-1-3-5-7-9-11-13-15-17-19-21-23-25-28-27(32)33/h31H,1-25H2,(H,29,30)(H2,28,32,33). The molecule has 0 radical (unpaired) electrons. The molecule has 0 unspecified atom stereocenters. The lowest BCUT2D eigenvalue weighted by molar-refractivity contribution is -0.129. The first kappa shape index (κ1) is 32.7. The molecular weight excluding hydrogens is 448 g/mol. The Morgan fingerprint density at radius 2 is 0.818 bits per heavy atom. The van der Waals surface area contributed by atoms with E-state index in [1.165, 1.54) is 135 Å². The van der Waals surface area contributed by atoms with Gasteiger partial charge in [0.05, 0.1) is 0 Å². The van der Waals surface area contributed by atoms with E-state index < -0.39 is 0 Å². The molecule has 0 aromatic rings. The maximum Gasteiger partial charge on any atom is 0.243 e. The van der Waals surface area contributed by atoms with Crippen molar-refractivity contribution in [2.24, 2.45) is 0 Å². The molecule has 3 N–H and O–H groups in total. The molecule has 0 aliphatic rings. The van der Waals surface area contributed by atoms with Gasteiger partial charge in [0.25, 0.3) is 0 Å². The van der Waals surface area contributed by atoms with Gasteiger partial charge in [0, 0.05) is 13.0 Å². The van der Waals surface area contributed by atoms with Gasteiger partial charge < -0.3 is 5.32 Å². The zero-order valence-electron chi connectivity index (χ0n) is 21.4. The average molecular weight is 503 g/mol. The van der Waals surface area contributed by atoms with Gasteiger partial charge >= 0.3 is 0 Å². The number of nitrogens with one attached hydrogen (secondary N) is 2. The van der Waals surface area contributed by atoms with Crippen LogP contribution in [-0.4, -0.2) is 22.0 Å². The summed E-state index contributed by atoms with van der Waals surface area (Å²) >= 11 is 8.95. The summed E-state index contributed by atoms with van der Waals surface area (Å²) in [5.74, 6) is -0.261. The Bertz CT molecular complexity index is 436. The zero-order valence-corrected chi connectivity index (χ0v) is 23.1. The molecule has 0 aromatic carbocycles. The number of unbranched alkanes of at least 4 members (excludes halogenated alkanes) is 22. The van der Waals surface area contributed by atoms with E-state index in [4.69, 9.17) is 17.4 Å². The molecule has 0 spiro atoms. The molecule has 0 aromatic heterocycles. The maximum atomic E-state index is 10.9. The molecule has 6 heteroatoms. The summed E-state index contributed by atoms with van der Waals surface area (Å²) in [5.41, 5.74) is 1.69. The third-order valence-electron chi connectivity index (χ3n) is 6.48. The van der Waals surface area contributed by atoms with Gasteiger partial charge in [-0.3, -0.25) is 10.0 Å². The molecule has 0 bridgehead atoms. The predicted octanol–water partition coefficient (Wildman–Crippen LogP) is 8.66. The van der Waals surface area contributed by atoms with Crippen LogP contribution >= 0.6 is 24.8 Å². The second kappa shape index (κ2) is 27.9. The van der Waals surface area contributed by atoms with Crippen LogP contribution in [-0.2, 0) is 4.79 Å². The molecular formula is C27H54N2O2S2. The van der Waals surface area contributed by atoms with Crippen LogP contribution in [0.3, 0.4) is 0 Å². The Morgan fingerprint density at radius 1 is 0.545 bits per heavy atom. The summed E-state index contributed by atoms with van der Waals surface area (Å²) < 4.78 is 0.617. The van der Waals surface area contributed by atoms with Crippen molar-refractivity contribution in [2.45, 2.75) is 154 Å². The van der Waals surface area contributed by atoms with Crippen molar-refractivity contribution in [3.63, 3.8) is 0 Å². The molecule has 0 saturated heterocycles. The number of thiocarbonyl (C=S) groups is 1. The van der Waals surface area contributed by atoms with E-state index in [1.807, 2.05) is 0 Å². The number of amides is 1. The number of hydroxylamine groups is 1. The fourth-order valence-corrected chi connectivity index (χ4v) is 4.59. The molecule has 0 atom stereocenters. The Balaban J connectivity index is 3.04. The number of thiol groups is 1. The highest BCUT2D eigenvalue weighted by Gasteiger charge is 1.99. The number of carbonyl (C=O) groups is 1. The number of hydrogen-bond donors (Lipinski definition) is 4. The van der Waals surface area contributed by atoms with Gasteiger partial charge in [-0.1, -0.05) is 147 Å². The highest BCUT2D eigenvalue weighted by atomic mass is 32.1. The summed E-state index contributed by atoms with van der Waals surface area (Å²) in [4.78, 5) is 10.9. The van der Waals surface area contributed by atoms with Gasteiger partial charge in [-0.2, -0.15) is 0 Å². The van der Waals surface area contributed by atoms with Gasteiger partial charge in [-0.05, 0) is 12.8 Å². The van der Waals surface area contributed by atoms with Crippen LogP contribution in [0, 0.1) is 0 Å². The fourth-order valence-electron chi connectivity index (χ4n) is 4.37. The molecule has 33 heavy (non-hydrogen) atoms. The van der Waals surface area contributed by atoms with Gasteiger partial charge in [0.1, 0.15) is 4.32 Å². The molecule has 0 aliphatic carbocycles. The summed E-state index contributed by atoms with van der Waals surface area (Å²) in [5, 5.41) is 11.5. The van der Waals surface area contributed by atoms with E-state index in [-0.39, 0.29) is 5.91 Å². The lowest BCUT2D eigenvalue weighted by Gasteiger charge is -2.05. The second-order valence-corrected chi connectivity index (χ2v) is 10.8. The molecule has 4 nitrogen and oxygen atoms in total. The Kier molecular flexibility index (Phi) is 27.6. The molecule has 196 valence electrons. The van der Waals surface area contributed by atoms with E-state index in [0.717, 1.165) is 19.4 Å². The minimum Gasteiger partial charge on any atom is -0.371 e. The third-order valence-corrected chi connectivity index (χ3v) is 6.78. The topological polar surface area (TPSA) is 61.4 Å². The number of carbonyl (C=O) groups excluding carboxylic acids is 1. The lowest BCUT2D eigenvalue weighted by atomic mass is 10.0. The summed E-state index contributed by atoms with van der Waals surface area (Å²) in [6.45, 7) is 0.974. The Morgan fingerprint density at radius 3 is 1.09 bits per heavy atom. The van der Waals surface area contributed by atoms with E-state index in [1.54, 1.807) is 5.48 Å². The van der Waals surface area contributed by atoms with Crippen LogP contribution in [0.1, 0.15) is 154 Å². The summed E-state index contributed by atoms with van der Waals surface area (Å²) in [6.07, 6.45) is 31.3. The van der Waals surface area contributed by atoms with Crippen LogP contribution in [0.4, 0.5) is 0 Å². The minimum absolute atomic E-state index is 0.261. The normalized spacial score (nSPS) is 11.0. The van der Waals surface area contributed by atoms with E-state index in [9.17, 15) is 4.79 Å². The van der Waals surface area contributed by atoms with E-state index in [0.29, 0.717) is 10.7 Å². The van der Waals surface area contributed by atoms with Crippen molar-refractivity contribution in [1.82, 2.24) is 10.8 Å². The summed E-state index contributed by atoms with van der Waals surface area (Å²) in [6, 6.07) is 0. The molecule has 0 fully saturated rings. The second-order valence-electron chi connectivity index (χ2n) is 9.65. The van der Waals surface area contributed by atoms with Gasteiger partial charge in [-0.15, -0.1) is 12.6 Å². The van der Waals surface area contributed by atoms with Gasteiger partial charge in [0.2, 0.25) is 5.91 Å². The molecule has 1 amide bonds. The van der Waals surface area contributed by atoms with Crippen molar-refractivity contribution in [3.8, 4) is 0 Å². The molecule has 0 rings (SSSR count). The maximum absolute atomic E-state index is 10.9. The highest BCUT2D eigenvalue weighted by Crippen LogP contribution is 2.15. The van der Waals surface area contributed by atoms with Crippen molar-refractivity contribution >= 4 is 35.1 Å². The average Bonchev–Trinajstić information content (AvgIpc) is 2.80. The monoisotopic (exact) mass is 502 g/mol. The minimum atomic E-state index is -0.261. The van der Waals surface area contributed by atoms with Crippen LogP contribution in [0.5, 0.6) is 0 Å². The molecule has 0 saturated carbocycles. The van der Waals surface area contributed by atoms with Crippen molar-refractivity contribution < 1.29 is 10.0 Å². The Labute approximate surface area is 216 Å². The Hall–Kier alpha value is -0.330. The van der Waals surface area contributed by atoms with E-state index in [2.05, 4.69) is 17.9 Å².